The number of amides is 2. The lowest BCUT2D eigenvalue weighted by atomic mass is 10.2. The minimum absolute atomic E-state index is 0.0652. The van der Waals surface area contributed by atoms with Crippen LogP contribution >= 0.6 is 0 Å². The highest BCUT2D eigenvalue weighted by Crippen LogP contribution is 2.17. The van der Waals surface area contributed by atoms with Crippen molar-refractivity contribution >= 4 is 11.7 Å². The van der Waals surface area contributed by atoms with Crippen LogP contribution in [0.15, 0.2) is 70.3 Å². The van der Waals surface area contributed by atoms with Crippen LogP contribution in [0.25, 0.3) is 0 Å². The lowest BCUT2D eigenvalue weighted by Gasteiger charge is -2.22. The van der Waals surface area contributed by atoms with Crippen LogP contribution in [-0.4, -0.2) is 41.1 Å². The van der Waals surface area contributed by atoms with E-state index in [2.05, 4.69) is 15.6 Å². The third-order valence-corrected chi connectivity index (χ3v) is 4.27. The molecule has 0 aliphatic rings. The highest BCUT2D eigenvalue weighted by atomic mass is 16.3. The summed E-state index contributed by atoms with van der Waals surface area (Å²) in [5, 5.41) is 5.68. The maximum Gasteiger partial charge on any atom is 0.347 e. The van der Waals surface area contributed by atoms with Crippen molar-refractivity contribution < 1.29 is 9.21 Å². The summed E-state index contributed by atoms with van der Waals surface area (Å²) in [6.07, 6.45) is 4.76. The summed E-state index contributed by atoms with van der Waals surface area (Å²) in [5.74, 6) is 0.786. The van der Waals surface area contributed by atoms with E-state index in [0.29, 0.717) is 18.8 Å². The zero-order valence-corrected chi connectivity index (χ0v) is 15.8. The Morgan fingerprint density at radius 1 is 1.25 bits per heavy atom. The van der Waals surface area contributed by atoms with Crippen molar-refractivity contribution in [1.29, 1.82) is 0 Å². The van der Waals surface area contributed by atoms with Gasteiger partial charge >= 0.3 is 11.7 Å². The molecule has 2 aromatic heterocycles. The van der Waals surface area contributed by atoms with Gasteiger partial charge in [0.25, 0.3) is 0 Å². The number of nitrogens with one attached hydrogen (secondary N) is 2. The number of likely N-dealkylation sites (N-methyl/N-ethyl adjacent to an activating group) is 1. The predicted molar refractivity (Wildman–Crippen MR) is 106 cm³/mol. The molecule has 8 heteroatoms. The van der Waals surface area contributed by atoms with Gasteiger partial charge in [0.15, 0.2) is 0 Å². The predicted octanol–water partition coefficient (Wildman–Crippen LogP) is 2.31. The number of nitrogens with zero attached hydrogens (tertiary/aromatic N) is 3. The molecule has 0 aliphatic heterocycles. The molecule has 0 saturated heterocycles. The maximum absolute atomic E-state index is 12.3. The van der Waals surface area contributed by atoms with Gasteiger partial charge in [0.1, 0.15) is 5.76 Å². The largest absolute Gasteiger partial charge is 0.468 e. The first-order chi connectivity index (χ1) is 13.5. The van der Waals surface area contributed by atoms with Crippen molar-refractivity contribution in [2.24, 2.45) is 0 Å². The molecule has 0 saturated carbocycles. The van der Waals surface area contributed by atoms with E-state index in [1.54, 1.807) is 24.6 Å². The lowest BCUT2D eigenvalue weighted by molar-refractivity contribution is 0.233. The second-order valence-corrected chi connectivity index (χ2v) is 6.56. The molecule has 146 valence electrons. The van der Waals surface area contributed by atoms with Gasteiger partial charge in [-0.2, -0.15) is 0 Å². The topological polar surface area (TPSA) is 92.4 Å². The van der Waals surface area contributed by atoms with Crippen molar-refractivity contribution in [1.82, 2.24) is 19.8 Å². The SMILES string of the molecule is CN(C)[C@H](CNC(=O)Nc1cccc(Cn2cccnc2=O)c1)c1ccco1. The summed E-state index contributed by atoms with van der Waals surface area (Å²) in [6, 6.07) is 12.4. The van der Waals surface area contributed by atoms with E-state index in [1.165, 1.54) is 10.8 Å². The van der Waals surface area contributed by atoms with Crippen LogP contribution in [0.4, 0.5) is 10.5 Å². The van der Waals surface area contributed by atoms with Gasteiger partial charge in [-0.3, -0.25) is 9.47 Å². The van der Waals surface area contributed by atoms with E-state index in [1.807, 2.05) is 49.3 Å². The second-order valence-electron chi connectivity index (χ2n) is 6.56. The third-order valence-electron chi connectivity index (χ3n) is 4.27. The van der Waals surface area contributed by atoms with E-state index in [0.717, 1.165) is 11.3 Å². The lowest BCUT2D eigenvalue weighted by Crippen LogP contribution is -2.36. The second kappa shape index (κ2) is 9.01. The molecular formula is C20H23N5O3. The molecule has 1 atom stereocenters. The first-order valence-electron chi connectivity index (χ1n) is 8.88. The van der Waals surface area contributed by atoms with Gasteiger partial charge in [0, 0.05) is 24.6 Å². The number of aromatic nitrogens is 2. The summed E-state index contributed by atoms with van der Waals surface area (Å²) in [4.78, 5) is 29.8. The van der Waals surface area contributed by atoms with Gasteiger partial charge in [0.05, 0.1) is 18.8 Å². The number of furan rings is 1. The van der Waals surface area contributed by atoms with Gasteiger partial charge < -0.3 is 15.1 Å². The van der Waals surface area contributed by atoms with Gasteiger partial charge in [-0.25, -0.2) is 14.6 Å². The van der Waals surface area contributed by atoms with Gasteiger partial charge in [-0.05, 0) is 50.0 Å². The Hall–Kier alpha value is -3.39. The Bertz CT molecular complexity index is 966. The molecule has 3 rings (SSSR count). The fraction of sp³-hybridized carbons (Fsp3) is 0.250. The molecule has 28 heavy (non-hydrogen) atoms. The van der Waals surface area contributed by atoms with Gasteiger partial charge in [-0.1, -0.05) is 12.1 Å². The number of hydrogen-bond donors (Lipinski definition) is 2. The van der Waals surface area contributed by atoms with Crippen LogP contribution in [0.5, 0.6) is 0 Å². The molecule has 0 bridgehead atoms. The summed E-state index contributed by atoms with van der Waals surface area (Å²) < 4.78 is 6.95. The highest BCUT2D eigenvalue weighted by molar-refractivity contribution is 5.89. The van der Waals surface area contributed by atoms with Crippen LogP contribution in [0, 0.1) is 0 Å². The van der Waals surface area contributed by atoms with E-state index in [9.17, 15) is 9.59 Å². The Morgan fingerprint density at radius 3 is 2.82 bits per heavy atom. The van der Waals surface area contributed by atoms with Crippen LogP contribution in [0.3, 0.4) is 0 Å². The van der Waals surface area contributed by atoms with Gasteiger partial charge in [-0.15, -0.1) is 0 Å². The van der Waals surface area contributed by atoms with Crippen LogP contribution < -0.4 is 16.3 Å². The first kappa shape index (κ1) is 19.4. The van der Waals surface area contributed by atoms with Crippen molar-refractivity contribution in [3.8, 4) is 0 Å². The quantitative estimate of drug-likeness (QED) is 0.655. The average Bonchev–Trinajstić information content (AvgIpc) is 3.18. The summed E-state index contributed by atoms with van der Waals surface area (Å²) in [7, 11) is 3.85. The van der Waals surface area contributed by atoms with Crippen molar-refractivity contribution in [3.63, 3.8) is 0 Å². The number of anilines is 1. The first-order valence-corrected chi connectivity index (χ1v) is 8.88. The highest BCUT2D eigenvalue weighted by Gasteiger charge is 2.17. The number of carbonyl (C=O) groups excluding carboxylic acids is 1. The Balaban J connectivity index is 1.60. The maximum atomic E-state index is 12.3. The molecule has 0 unspecified atom stereocenters. The van der Waals surface area contributed by atoms with E-state index in [4.69, 9.17) is 4.42 Å². The zero-order valence-electron chi connectivity index (χ0n) is 15.8. The van der Waals surface area contributed by atoms with Crippen LogP contribution in [-0.2, 0) is 6.54 Å². The number of carbonyl (C=O) groups is 1. The molecular weight excluding hydrogens is 358 g/mol. The summed E-state index contributed by atoms with van der Waals surface area (Å²) in [5.41, 5.74) is 1.22. The summed E-state index contributed by atoms with van der Waals surface area (Å²) in [6.45, 7) is 0.780. The molecule has 2 amide bonds. The normalized spacial score (nSPS) is 12.0. The molecule has 0 radical (unpaired) electrons. The molecule has 3 aromatic rings. The third kappa shape index (κ3) is 5.08. The summed E-state index contributed by atoms with van der Waals surface area (Å²) >= 11 is 0. The molecule has 0 aliphatic carbocycles. The Morgan fingerprint density at radius 2 is 2.11 bits per heavy atom. The molecule has 2 N–H and O–H groups in total. The van der Waals surface area contributed by atoms with Crippen molar-refractivity contribution in [2.75, 3.05) is 26.0 Å². The van der Waals surface area contributed by atoms with Crippen LogP contribution in [0.2, 0.25) is 0 Å². The van der Waals surface area contributed by atoms with Crippen LogP contribution in [0.1, 0.15) is 17.4 Å². The van der Waals surface area contributed by atoms with E-state index in [-0.39, 0.29) is 17.8 Å². The van der Waals surface area contributed by atoms with E-state index < -0.39 is 0 Å². The zero-order chi connectivity index (χ0) is 19.9. The number of rotatable bonds is 7. The number of hydrogen-bond acceptors (Lipinski definition) is 5. The molecule has 0 spiro atoms. The van der Waals surface area contributed by atoms with Gasteiger partial charge in [0.2, 0.25) is 0 Å². The minimum Gasteiger partial charge on any atom is -0.468 e. The van der Waals surface area contributed by atoms with Crippen molar-refractivity contribution in [3.05, 3.63) is 82.9 Å². The smallest absolute Gasteiger partial charge is 0.347 e. The molecule has 1 aromatic carbocycles. The Labute approximate surface area is 162 Å². The van der Waals surface area contributed by atoms with E-state index >= 15 is 0 Å². The molecule has 2 heterocycles. The standard InChI is InChI=1S/C20H23N5O3/c1-24(2)17(18-8-4-11-28-18)13-22-19(26)23-16-7-3-6-15(12-16)14-25-10-5-9-21-20(25)27/h3-12,17H,13-14H2,1-2H3,(H2,22,23,26)/t17-/m1/s1. The Kier molecular flexibility index (Phi) is 6.23. The minimum atomic E-state index is -0.314. The monoisotopic (exact) mass is 381 g/mol. The molecule has 8 nitrogen and oxygen atoms in total. The average molecular weight is 381 g/mol. The number of urea groups is 1. The fourth-order valence-electron chi connectivity index (χ4n) is 2.83. The molecule has 0 fully saturated rings. The fourth-order valence-corrected chi connectivity index (χ4v) is 2.83. The number of benzene rings is 1. The van der Waals surface area contributed by atoms with Crippen molar-refractivity contribution in [2.45, 2.75) is 12.6 Å².